The second kappa shape index (κ2) is 7.45. The number of nitrogens with one attached hydrogen (secondary N) is 2. The van der Waals surface area contributed by atoms with Gasteiger partial charge in [0.25, 0.3) is 5.91 Å². The monoisotopic (exact) mass is 363 g/mol. The third-order valence-corrected chi connectivity index (χ3v) is 3.67. The zero-order valence-electron chi connectivity index (χ0n) is 15.4. The third-order valence-electron chi connectivity index (χ3n) is 3.67. The van der Waals surface area contributed by atoms with Crippen molar-refractivity contribution in [3.63, 3.8) is 0 Å². The second-order valence-electron chi connectivity index (χ2n) is 7.04. The van der Waals surface area contributed by atoms with Crippen molar-refractivity contribution in [1.29, 1.82) is 0 Å². The van der Waals surface area contributed by atoms with Gasteiger partial charge < -0.3 is 10.1 Å². The van der Waals surface area contributed by atoms with Gasteiger partial charge in [0.2, 0.25) is 0 Å². The molecule has 138 valence electrons. The van der Waals surface area contributed by atoms with Crippen LogP contribution in [0.15, 0.2) is 60.8 Å². The van der Waals surface area contributed by atoms with Gasteiger partial charge >= 0.3 is 6.09 Å². The van der Waals surface area contributed by atoms with Crippen molar-refractivity contribution in [3.8, 4) is 0 Å². The second-order valence-corrected chi connectivity index (χ2v) is 7.04. The van der Waals surface area contributed by atoms with E-state index in [1.807, 2.05) is 24.3 Å². The van der Waals surface area contributed by atoms with Crippen molar-refractivity contribution >= 4 is 34.3 Å². The van der Waals surface area contributed by atoms with Crippen LogP contribution in [-0.4, -0.2) is 22.6 Å². The molecular weight excluding hydrogens is 342 g/mol. The molecule has 3 aromatic rings. The Morgan fingerprint density at radius 3 is 2.19 bits per heavy atom. The number of aromatic nitrogens is 1. The Hall–Kier alpha value is -3.41. The number of anilines is 2. The Balaban J connectivity index is 1.69. The molecular formula is C21H21N3O3. The predicted molar refractivity (Wildman–Crippen MR) is 106 cm³/mol. The number of hydrogen-bond donors (Lipinski definition) is 2. The molecule has 27 heavy (non-hydrogen) atoms. The van der Waals surface area contributed by atoms with Crippen LogP contribution < -0.4 is 10.6 Å². The summed E-state index contributed by atoms with van der Waals surface area (Å²) in [4.78, 5) is 28.7. The molecule has 3 rings (SSSR count). The molecule has 0 aliphatic rings. The summed E-state index contributed by atoms with van der Waals surface area (Å²) in [6, 6.07) is 16.0. The molecule has 6 heteroatoms. The summed E-state index contributed by atoms with van der Waals surface area (Å²) >= 11 is 0. The molecule has 0 fully saturated rings. The summed E-state index contributed by atoms with van der Waals surface area (Å²) in [5.41, 5.74) is 1.78. The molecule has 0 saturated carbocycles. The quantitative estimate of drug-likeness (QED) is 0.698. The summed E-state index contributed by atoms with van der Waals surface area (Å²) in [6.07, 6.45) is 1.14. The minimum atomic E-state index is -0.565. The van der Waals surface area contributed by atoms with Crippen molar-refractivity contribution in [3.05, 3.63) is 66.4 Å². The number of benzene rings is 2. The largest absolute Gasteiger partial charge is 0.444 e. The van der Waals surface area contributed by atoms with Crippen LogP contribution in [0.5, 0.6) is 0 Å². The van der Waals surface area contributed by atoms with Gasteiger partial charge in [0.05, 0.1) is 11.1 Å². The van der Waals surface area contributed by atoms with Crippen LogP contribution in [0.3, 0.4) is 0 Å². The van der Waals surface area contributed by atoms with E-state index in [4.69, 9.17) is 4.74 Å². The number of carbonyl (C=O) groups is 2. The fraction of sp³-hybridized carbons (Fsp3) is 0.190. The maximum Gasteiger partial charge on any atom is 0.412 e. The van der Waals surface area contributed by atoms with Gasteiger partial charge in [0.1, 0.15) is 5.60 Å². The molecule has 1 aromatic heterocycles. The molecule has 0 aliphatic heterocycles. The summed E-state index contributed by atoms with van der Waals surface area (Å²) < 4.78 is 5.21. The summed E-state index contributed by atoms with van der Waals surface area (Å²) in [5, 5.41) is 6.40. The van der Waals surface area contributed by atoms with Crippen LogP contribution in [0.2, 0.25) is 0 Å². The first-order valence-electron chi connectivity index (χ1n) is 8.57. The highest BCUT2D eigenvalue weighted by atomic mass is 16.6. The minimum absolute atomic E-state index is 0.243. The average Bonchev–Trinajstić information content (AvgIpc) is 2.61. The number of carbonyl (C=O) groups excluding carboxylic acids is 2. The Morgan fingerprint density at radius 1 is 0.889 bits per heavy atom. The van der Waals surface area contributed by atoms with E-state index in [1.54, 1.807) is 57.3 Å². The lowest BCUT2D eigenvalue weighted by atomic mass is 10.1. The molecule has 0 saturated heterocycles. The van der Waals surface area contributed by atoms with Crippen LogP contribution in [0.25, 0.3) is 10.9 Å². The van der Waals surface area contributed by atoms with Gasteiger partial charge in [-0.1, -0.05) is 18.2 Å². The topological polar surface area (TPSA) is 80.3 Å². The molecule has 2 aromatic carbocycles. The first kappa shape index (κ1) is 18.4. The third kappa shape index (κ3) is 4.82. The molecule has 0 spiro atoms. The van der Waals surface area contributed by atoms with E-state index in [-0.39, 0.29) is 5.91 Å². The molecule has 0 radical (unpaired) electrons. The number of hydrogen-bond acceptors (Lipinski definition) is 4. The van der Waals surface area contributed by atoms with E-state index in [0.717, 1.165) is 5.39 Å². The molecule has 1 heterocycles. The first-order valence-corrected chi connectivity index (χ1v) is 8.57. The van der Waals surface area contributed by atoms with Crippen molar-refractivity contribution in [2.75, 3.05) is 10.6 Å². The highest BCUT2D eigenvalue weighted by Crippen LogP contribution is 2.19. The van der Waals surface area contributed by atoms with Crippen molar-refractivity contribution in [2.45, 2.75) is 26.4 Å². The van der Waals surface area contributed by atoms with Crippen LogP contribution >= 0.6 is 0 Å². The van der Waals surface area contributed by atoms with Gasteiger partial charge in [-0.2, -0.15) is 0 Å². The number of pyridine rings is 1. The van der Waals surface area contributed by atoms with Crippen LogP contribution in [0.4, 0.5) is 16.2 Å². The zero-order valence-corrected chi connectivity index (χ0v) is 15.4. The van der Waals surface area contributed by atoms with E-state index in [2.05, 4.69) is 15.6 Å². The van der Waals surface area contributed by atoms with E-state index in [9.17, 15) is 9.59 Å². The van der Waals surface area contributed by atoms with Gasteiger partial charge in [0.15, 0.2) is 0 Å². The Labute approximate surface area is 157 Å². The summed E-state index contributed by atoms with van der Waals surface area (Å²) in [7, 11) is 0. The van der Waals surface area contributed by atoms with Gasteiger partial charge in [-0.05, 0) is 57.2 Å². The standard InChI is InChI=1S/C21H21N3O3/c1-21(2,3)27-20(26)24-16-11-9-15(10-12-16)23-19(25)17-8-4-6-14-7-5-13-22-18(14)17/h4-13H,1-3H3,(H,23,25)(H,24,26). The van der Waals surface area contributed by atoms with Crippen LogP contribution in [-0.2, 0) is 4.74 Å². The van der Waals surface area contributed by atoms with E-state index in [1.165, 1.54) is 0 Å². The van der Waals surface area contributed by atoms with Gasteiger partial charge in [0, 0.05) is 23.0 Å². The maximum atomic E-state index is 12.6. The molecule has 0 unspecified atom stereocenters. The lowest BCUT2D eigenvalue weighted by molar-refractivity contribution is 0.0635. The number of amides is 2. The number of rotatable bonds is 3. The molecule has 2 amide bonds. The smallest absolute Gasteiger partial charge is 0.412 e. The zero-order chi connectivity index (χ0) is 19.4. The molecule has 6 nitrogen and oxygen atoms in total. The van der Waals surface area contributed by atoms with E-state index < -0.39 is 11.7 Å². The SMILES string of the molecule is CC(C)(C)OC(=O)Nc1ccc(NC(=O)c2cccc3cccnc23)cc1. The number of para-hydroxylation sites is 1. The number of nitrogens with zero attached hydrogens (tertiary/aromatic N) is 1. The Kier molecular flexibility index (Phi) is 5.07. The lowest BCUT2D eigenvalue weighted by Gasteiger charge is -2.19. The fourth-order valence-corrected chi connectivity index (χ4v) is 2.54. The van der Waals surface area contributed by atoms with Gasteiger partial charge in [-0.3, -0.25) is 15.1 Å². The Morgan fingerprint density at radius 2 is 1.52 bits per heavy atom. The van der Waals surface area contributed by atoms with Crippen LogP contribution in [0.1, 0.15) is 31.1 Å². The number of fused-ring (bicyclic) bond motifs is 1. The van der Waals surface area contributed by atoms with Crippen molar-refractivity contribution in [1.82, 2.24) is 4.98 Å². The summed E-state index contributed by atoms with van der Waals surface area (Å²) in [5.74, 6) is -0.243. The van der Waals surface area contributed by atoms with Gasteiger partial charge in [-0.15, -0.1) is 0 Å². The molecule has 0 bridgehead atoms. The predicted octanol–water partition coefficient (Wildman–Crippen LogP) is 4.83. The average molecular weight is 363 g/mol. The molecule has 0 atom stereocenters. The lowest BCUT2D eigenvalue weighted by Crippen LogP contribution is -2.27. The fourth-order valence-electron chi connectivity index (χ4n) is 2.54. The highest BCUT2D eigenvalue weighted by Gasteiger charge is 2.16. The maximum absolute atomic E-state index is 12.6. The van der Waals surface area contributed by atoms with E-state index >= 15 is 0 Å². The molecule has 2 N–H and O–H groups in total. The highest BCUT2D eigenvalue weighted by molar-refractivity contribution is 6.11. The van der Waals surface area contributed by atoms with Gasteiger partial charge in [-0.25, -0.2) is 4.79 Å². The minimum Gasteiger partial charge on any atom is -0.444 e. The normalized spacial score (nSPS) is 11.1. The van der Waals surface area contributed by atoms with E-state index in [0.29, 0.717) is 22.5 Å². The molecule has 0 aliphatic carbocycles. The van der Waals surface area contributed by atoms with Crippen molar-refractivity contribution in [2.24, 2.45) is 0 Å². The van der Waals surface area contributed by atoms with Crippen molar-refractivity contribution < 1.29 is 14.3 Å². The Bertz CT molecular complexity index is 971. The summed E-state index contributed by atoms with van der Waals surface area (Å²) in [6.45, 7) is 5.40. The first-order chi connectivity index (χ1) is 12.8. The number of ether oxygens (including phenoxy) is 1. The van der Waals surface area contributed by atoms with Crippen LogP contribution in [0, 0.1) is 0 Å².